The normalized spacial score (nSPS) is 10.9. The van der Waals surface area contributed by atoms with Gasteiger partial charge in [-0.2, -0.15) is 0 Å². The summed E-state index contributed by atoms with van der Waals surface area (Å²) in [5.74, 6) is -1.10. The molecule has 0 amide bonds. The maximum Gasteiger partial charge on any atom is 0.335 e. The molecule has 0 spiro atoms. The van der Waals surface area contributed by atoms with Crippen LogP contribution in [-0.2, 0) is 10.0 Å². The summed E-state index contributed by atoms with van der Waals surface area (Å²) in [5, 5.41) is 12.7. The molecule has 182 valence electrons. The minimum Gasteiger partial charge on any atom is -0.478 e. The van der Waals surface area contributed by atoms with Crippen LogP contribution in [0, 0.1) is 13.8 Å². The van der Waals surface area contributed by atoms with E-state index in [9.17, 15) is 13.2 Å². The molecule has 0 aliphatic rings. The number of thiophene rings is 2. The van der Waals surface area contributed by atoms with Crippen molar-refractivity contribution in [3.8, 4) is 0 Å². The number of carboxylic acids is 1. The second-order valence-electron chi connectivity index (χ2n) is 7.57. The van der Waals surface area contributed by atoms with E-state index in [1.54, 1.807) is 11.3 Å². The first-order chi connectivity index (χ1) is 16.2. The third-order valence-corrected chi connectivity index (χ3v) is 9.15. The number of aromatic carboxylic acids is 1. The van der Waals surface area contributed by atoms with Gasteiger partial charge in [-0.25, -0.2) is 13.2 Å². The molecular formula is C25H23ClN2O4S3. The van der Waals surface area contributed by atoms with Gasteiger partial charge in [0, 0.05) is 9.40 Å². The Hall–Kier alpha value is -3.11. The van der Waals surface area contributed by atoms with E-state index < -0.39 is 16.0 Å². The number of halogens is 1. The summed E-state index contributed by atoms with van der Waals surface area (Å²) in [7, 11) is -3.76. The van der Waals surface area contributed by atoms with Crippen molar-refractivity contribution in [2.75, 3.05) is 10.5 Å². The molecule has 0 bridgehead atoms. The van der Waals surface area contributed by atoms with Crippen LogP contribution in [0.5, 0.6) is 0 Å². The average molecular weight is 547 g/mol. The lowest BCUT2D eigenvalue weighted by atomic mass is 10.2. The van der Waals surface area contributed by atoms with Crippen molar-refractivity contribution in [3.05, 3.63) is 89.5 Å². The molecule has 5 rings (SSSR count). The van der Waals surface area contributed by atoms with Crippen LogP contribution in [0.4, 0.5) is 10.0 Å². The minimum atomic E-state index is -3.76. The fraction of sp³-hybridized carbons (Fsp3) is 0.0800. The Balaban J connectivity index is 0.000000239. The quantitative estimate of drug-likeness (QED) is 0.226. The van der Waals surface area contributed by atoms with Gasteiger partial charge in [0.05, 0.1) is 15.5 Å². The predicted molar refractivity (Wildman–Crippen MR) is 149 cm³/mol. The van der Waals surface area contributed by atoms with Crippen LogP contribution in [0.25, 0.3) is 20.2 Å². The lowest BCUT2D eigenvalue weighted by molar-refractivity contribution is 0.0696. The molecule has 0 saturated heterocycles. The summed E-state index contributed by atoms with van der Waals surface area (Å²) in [6, 6.07) is 21.1. The number of fused-ring (bicyclic) bond motifs is 2. The number of aryl methyl sites for hydroxylation is 2. The molecule has 0 aliphatic heterocycles. The van der Waals surface area contributed by atoms with Gasteiger partial charge in [-0.1, -0.05) is 36.4 Å². The Bertz CT molecular complexity index is 1610. The molecule has 0 unspecified atom stereocenters. The van der Waals surface area contributed by atoms with E-state index in [0.717, 1.165) is 20.7 Å². The first kappa shape index (κ1) is 26.5. The second-order valence-corrected chi connectivity index (χ2v) is 11.4. The van der Waals surface area contributed by atoms with Crippen molar-refractivity contribution in [3.63, 3.8) is 0 Å². The fourth-order valence-corrected chi connectivity index (χ4v) is 6.87. The topological polar surface area (TPSA) is 109 Å². The van der Waals surface area contributed by atoms with Crippen LogP contribution in [0.15, 0.2) is 77.7 Å². The molecule has 0 fully saturated rings. The summed E-state index contributed by atoms with van der Waals surface area (Å²) in [6.45, 7) is 3.93. The van der Waals surface area contributed by atoms with Crippen molar-refractivity contribution >= 4 is 81.2 Å². The number of nitrogens with two attached hydrogens (primary N) is 1. The number of rotatable bonds is 4. The molecule has 35 heavy (non-hydrogen) atoms. The number of hydrogen-bond acceptors (Lipinski definition) is 6. The molecule has 3 aromatic carbocycles. The molecule has 6 nitrogen and oxygen atoms in total. The SMILES string of the molecule is Cc1c(N)sc2ccccc12.Cc1c(NS(=O)(=O)c2ccc(C(=O)O)cc2)sc2ccccc12.Cl. The number of nitrogen functional groups attached to an aromatic ring is 1. The summed E-state index contributed by atoms with van der Waals surface area (Å²) in [5.41, 5.74) is 7.90. The summed E-state index contributed by atoms with van der Waals surface area (Å²) in [6.07, 6.45) is 0. The van der Waals surface area contributed by atoms with Crippen molar-refractivity contribution < 1.29 is 18.3 Å². The summed E-state index contributed by atoms with van der Waals surface area (Å²) in [4.78, 5) is 10.9. The first-order valence-electron chi connectivity index (χ1n) is 10.3. The number of benzene rings is 3. The Morgan fingerprint density at radius 3 is 1.86 bits per heavy atom. The molecule has 0 atom stereocenters. The Labute approximate surface area is 217 Å². The van der Waals surface area contributed by atoms with Gasteiger partial charge in [0.15, 0.2) is 0 Å². The van der Waals surface area contributed by atoms with Crippen LogP contribution in [-0.4, -0.2) is 19.5 Å². The summed E-state index contributed by atoms with van der Waals surface area (Å²) >= 11 is 3.03. The molecule has 4 N–H and O–H groups in total. The zero-order valence-electron chi connectivity index (χ0n) is 18.8. The van der Waals surface area contributed by atoms with Crippen molar-refractivity contribution in [1.29, 1.82) is 0 Å². The van der Waals surface area contributed by atoms with E-state index in [-0.39, 0.29) is 22.9 Å². The molecule has 5 aromatic rings. The lowest BCUT2D eigenvalue weighted by Crippen LogP contribution is -2.13. The van der Waals surface area contributed by atoms with E-state index in [4.69, 9.17) is 10.8 Å². The van der Waals surface area contributed by atoms with Gasteiger partial charge in [-0.15, -0.1) is 35.1 Å². The molecule has 0 radical (unpaired) electrons. The molecule has 0 saturated carbocycles. The van der Waals surface area contributed by atoms with Gasteiger partial charge in [0.2, 0.25) is 0 Å². The largest absolute Gasteiger partial charge is 0.478 e. The van der Waals surface area contributed by atoms with Gasteiger partial charge in [-0.05, 0) is 72.1 Å². The standard InChI is InChI=1S/C16H13NO4S2.C9H9NS.ClH/c1-10-13-4-2-3-5-14(13)22-15(10)17-23(20,21)12-8-6-11(7-9-12)16(18)19;1-6-7-4-2-3-5-8(7)11-9(6)10;/h2-9,17H,1H3,(H,18,19);2-5H,10H2,1H3;1H. The number of carboxylic acid groups (broad SMARTS) is 1. The average Bonchev–Trinajstić information content (AvgIpc) is 3.29. The van der Waals surface area contributed by atoms with Crippen LogP contribution in [0.3, 0.4) is 0 Å². The monoisotopic (exact) mass is 546 g/mol. The Morgan fingerprint density at radius 2 is 1.34 bits per heavy atom. The van der Waals surface area contributed by atoms with Crippen molar-refractivity contribution in [1.82, 2.24) is 0 Å². The number of carbonyl (C=O) groups is 1. The Kier molecular flexibility index (Phi) is 8.07. The fourth-order valence-electron chi connectivity index (χ4n) is 3.42. The van der Waals surface area contributed by atoms with E-state index in [2.05, 4.69) is 23.8 Å². The van der Waals surface area contributed by atoms with Gasteiger partial charge < -0.3 is 10.8 Å². The zero-order valence-corrected chi connectivity index (χ0v) is 22.1. The van der Waals surface area contributed by atoms with Crippen molar-refractivity contribution in [2.24, 2.45) is 0 Å². The number of nitrogens with one attached hydrogen (secondary N) is 1. The smallest absolute Gasteiger partial charge is 0.335 e. The Morgan fingerprint density at radius 1 is 0.829 bits per heavy atom. The minimum absolute atomic E-state index is 0. The van der Waals surface area contributed by atoms with Crippen LogP contribution >= 0.6 is 35.1 Å². The molecule has 0 aliphatic carbocycles. The molecule has 2 heterocycles. The third-order valence-electron chi connectivity index (χ3n) is 5.36. The number of hydrogen-bond donors (Lipinski definition) is 3. The van der Waals surface area contributed by atoms with Gasteiger partial charge in [-0.3, -0.25) is 4.72 Å². The van der Waals surface area contributed by atoms with Gasteiger partial charge >= 0.3 is 5.97 Å². The van der Waals surface area contributed by atoms with E-state index in [1.807, 2.05) is 43.3 Å². The summed E-state index contributed by atoms with van der Waals surface area (Å²) < 4.78 is 29.8. The predicted octanol–water partition coefficient (Wildman–Crippen LogP) is 6.92. The van der Waals surface area contributed by atoms with Crippen LogP contribution < -0.4 is 10.5 Å². The second kappa shape index (κ2) is 10.7. The van der Waals surface area contributed by atoms with Crippen molar-refractivity contribution in [2.45, 2.75) is 18.7 Å². The molecule has 2 aromatic heterocycles. The van der Waals surface area contributed by atoms with Gasteiger partial charge in [0.25, 0.3) is 10.0 Å². The van der Waals surface area contributed by atoms with Crippen LogP contribution in [0.2, 0.25) is 0 Å². The zero-order chi connectivity index (χ0) is 24.5. The molecule has 10 heteroatoms. The first-order valence-corrected chi connectivity index (χ1v) is 13.4. The highest BCUT2D eigenvalue weighted by Crippen LogP contribution is 2.36. The van der Waals surface area contributed by atoms with Crippen LogP contribution in [0.1, 0.15) is 21.5 Å². The third kappa shape index (κ3) is 5.59. The maximum atomic E-state index is 12.5. The number of sulfonamides is 1. The van der Waals surface area contributed by atoms with Gasteiger partial charge in [0.1, 0.15) is 5.00 Å². The highest BCUT2D eigenvalue weighted by atomic mass is 35.5. The number of anilines is 2. The van der Waals surface area contributed by atoms with E-state index >= 15 is 0 Å². The van der Waals surface area contributed by atoms with E-state index in [1.165, 1.54) is 51.3 Å². The maximum absolute atomic E-state index is 12.5. The highest BCUT2D eigenvalue weighted by molar-refractivity contribution is 7.93. The lowest BCUT2D eigenvalue weighted by Gasteiger charge is -2.07. The highest BCUT2D eigenvalue weighted by Gasteiger charge is 2.18. The molecular weight excluding hydrogens is 524 g/mol. The van der Waals surface area contributed by atoms with E-state index in [0.29, 0.717) is 5.00 Å².